The maximum Gasteiger partial charge on any atom is 0.408 e. The number of H-pyrrole nitrogens is 1. The van der Waals surface area contributed by atoms with Gasteiger partial charge < -0.3 is 15.4 Å². The number of alkyl carbamates (subject to hydrolysis) is 1. The molecule has 0 spiro atoms. The van der Waals surface area contributed by atoms with Gasteiger partial charge in [-0.2, -0.15) is 5.10 Å². The SMILES string of the molecule is CC(NC(=O)OC(C)(C)C)C(=O)Nc1ccc2cn[nH]c2c1. The van der Waals surface area contributed by atoms with Crippen LogP contribution >= 0.6 is 0 Å². The Kier molecular flexibility index (Phi) is 4.35. The molecule has 2 amide bonds. The Morgan fingerprint density at radius 2 is 2.05 bits per heavy atom. The molecule has 118 valence electrons. The zero-order valence-corrected chi connectivity index (χ0v) is 13.1. The summed E-state index contributed by atoms with van der Waals surface area (Å²) < 4.78 is 5.11. The molecule has 0 aliphatic heterocycles. The van der Waals surface area contributed by atoms with E-state index in [0.29, 0.717) is 5.69 Å². The molecule has 1 heterocycles. The molecule has 2 aromatic rings. The van der Waals surface area contributed by atoms with Crippen LogP contribution in [0, 0.1) is 0 Å². The predicted octanol–water partition coefficient (Wildman–Crippen LogP) is 2.41. The van der Waals surface area contributed by atoms with Crippen molar-refractivity contribution in [1.29, 1.82) is 0 Å². The molecular weight excluding hydrogens is 284 g/mol. The average Bonchev–Trinajstić information content (AvgIpc) is 2.83. The van der Waals surface area contributed by atoms with Crippen molar-refractivity contribution < 1.29 is 14.3 Å². The minimum absolute atomic E-state index is 0.329. The Morgan fingerprint density at radius 3 is 2.73 bits per heavy atom. The fourth-order valence-corrected chi connectivity index (χ4v) is 1.82. The first-order valence-corrected chi connectivity index (χ1v) is 6.98. The molecule has 0 saturated heterocycles. The van der Waals surface area contributed by atoms with Crippen molar-refractivity contribution in [2.24, 2.45) is 0 Å². The molecule has 0 bridgehead atoms. The maximum absolute atomic E-state index is 12.1. The summed E-state index contributed by atoms with van der Waals surface area (Å²) in [5.41, 5.74) is 0.844. The lowest BCUT2D eigenvalue weighted by Gasteiger charge is -2.21. The Balaban J connectivity index is 1.94. The molecule has 1 aromatic heterocycles. The van der Waals surface area contributed by atoms with E-state index in [0.717, 1.165) is 10.9 Å². The quantitative estimate of drug-likeness (QED) is 0.811. The molecule has 1 atom stereocenters. The molecule has 1 unspecified atom stereocenters. The molecule has 0 saturated carbocycles. The largest absolute Gasteiger partial charge is 0.444 e. The van der Waals surface area contributed by atoms with Gasteiger partial charge in [0.25, 0.3) is 0 Å². The van der Waals surface area contributed by atoms with Crippen LogP contribution in [-0.4, -0.2) is 33.8 Å². The van der Waals surface area contributed by atoms with Gasteiger partial charge >= 0.3 is 6.09 Å². The number of fused-ring (bicyclic) bond motifs is 1. The fraction of sp³-hybridized carbons (Fsp3) is 0.400. The zero-order chi connectivity index (χ0) is 16.3. The maximum atomic E-state index is 12.1. The summed E-state index contributed by atoms with van der Waals surface area (Å²) >= 11 is 0. The molecule has 22 heavy (non-hydrogen) atoms. The van der Waals surface area contributed by atoms with Crippen LogP contribution in [0.2, 0.25) is 0 Å². The molecule has 1 aromatic carbocycles. The van der Waals surface area contributed by atoms with Crippen LogP contribution in [0.5, 0.6) is 0 Å². The van der Waals surface area contributed by atoms with Crippen LogP contribution < -0.4 is 10.6 Å². The fourth-order valence-electron chi connectivity index (χ4n) is 1.82. The summed E-state index contributed by atoms with van der Waals surface area (Å²) in [7, 11) is 0. The number of carbonyl (C=O) groups is 2. The van der Waals surface area contributed by atoms with E-state index in [1.54, 1.807) is 46.0 Å². The Morgan fingerprint density at radius 1 is 1.32 bits per heavy atom. The van der Waals surface area contributed by atoms with Crippen LogP contribution in [0.3, 0.4) is 0 Å². The minimum atomic E-state index is -0.715. The number of rotatable bonds is 3. The number of amides is 2. The van der Waals surface area contributed by atoms with Gasteiger partial charge in [0.05, 0.1) is 11.7 Å². The van der Waals surface area contributed by atoms with E-state index in [-0.39, 0.29) is 5.91 Å². The molecule has 3 N–H and O–H groups in total. The zero-order valence-electron chi connectivity index (χ0n) is 13.1. The van der Waals surface area contributed by atoms with Gasteiger partial charge in [0.1, 0.15) is 11.6 Å². The third-order valence-electron chi connectivity index (χ3n) is 2.84. The van der Waals surface area contributed by atoms with Crippen molar-refractivity contribution in [1.82, 2.24) is 15.5 Å². The minimum Gasteiger partial charge on any atom is -0.444 e. The van der Waals surface area contributed by atoms with Gasteiger partial charge in [0.15, 0.2) is 0 Å². The first-order chi connectivity index (χ1) is 10.2. The second-order valence-corrected chi connectivity index (χ2v) is 6.03. The van der Waals surface area contributed by atoms with Crippen LogP contribution in [0.1, 0.15) is 27.7 Å². The standard InChI is InChI=1S/C15H20N4O3/c1-9(17-14(21)22-15(2,3)4)13(20)18-11-6-5-10-8-16-19-12(10)7-11/h5-9H,1-4H3,(H,16,19)(H,17,21)(H,18,20). The van der Waals surface area contributed by atoms with E-state index in [1.807, 2.05) is 6.07 Å². The lowest BCUT2D eigenvalue weighted by molar-refractivity contribution is -0.117. The van der Waals surface area contributed by atoms with Crippen molar-refractivity contribution in [3.63, 3.8) is 0 Å². The van der Waals surface area contributed by atoms with Crippen molar-refractivity contribution in [3.05, 3.63) is 24.4 Å². The van der Waals surface area contributed by atoms with Gasteiger partial charge in [-0.05, 0) is 45.9 Å². The van der Waals surface area contributed by atoms with Crippen LogP contribution in [0.15, 0.2) is 24.4 Å². The van der Waals surface area contributed by atoms with Crippen LogP contribution in [0.25, 0.3) is 10.9 Å². The van der Waals surface area contributed by atoms with Gasteiger partial charge in [-0.15, -0.1) is 0 Å². The summed E-state index contributed by atoms with van der Waals surface area (Å²) in [4.78, 5) is 23.7. The number of nitrogens with zero attached hydrogens (tertiary/aromatic N) is 1. The third kappa shape index (κ3) is 4.21. The second kappa shape index (κ2) is 6.05. The first-order valence-electron chi connectivity index (χ1n) is 6.98. The Hall–Kier alpha value is -2.57. The number of hydrogen-bond donors (Lipinski definition) is 3. The summed E-state index contributed by atoms with van der Waals surface area (Å²) in [6, 6.07) is 4.68. The Labute approximate surface area is 128 Å². The number of aromatic nitrogens is 2. The highest BCUT2D eigenvalue weighted by Crippen LogP contribution is 2.16. The predicted molar refractivity (Wildman–Crippen MR) is 83.6 cm³/mol. The second-order valence-electron chi connectivity index (χ2n) is 6.03. The first kappa shape index (κ1) is 15.8. The van der Waals surface area contributed by atoms with Gasteiger partial charge in [0, 0.05) is 11.1 Å². The van der Waals surface area contributed by atoms with Gasteiger partial charge in [-0.3, -0.25) is 9.89 Å². The topological polar surface area (TPSA) is 96.1 Å². The number of carbonyl (C=O) groups excluding carboxylic acids is 2. The van der Waals surface area contributed by atoms with Crippen LogP contribution in [-0.2, 0) is 9.53 Å². The van der Waals surface area contributed by atoms with Crippen molar-refractivity contribution in [3.8, 4) is 0 Å². The number of aromatic amines is 1. The number of benzene rings is 1. The summed E-state index contributed by atoms with van der Waals surface area (Å²) in [5.74, 6) is -0.329. The van der Waals surface area contributed by atoms with Crippen LogP contribution in [0.4, 0.5) is 10.5 Å². The number of ether oxygens (including phenoxy) is 1. The summed E-state index contributed by atoms with van der Waals surface area (Å²) in [6.45, 7) is 6.87. The monoisotopic (exact) mass is 304 g/mol. The van der Waals surface area contributed by atoms with E-state index >= 15 is 0 Å². The normalized spacial score (nSPS) is 12.7. The Bertz CT molecular complexity index is 687. The van der Waals surface area contributed by atoms with Crippen molar-refractivity contribution in [2.75, 3.05) is 5.32 Å². The van der Waals surface area contributed by atoms with Crippen molar-refractivity contribution >= 4 is 28.6 Å². The smallest absolute Gasteiger partial charge is 0.408 e. The van der Waals surface area contributed by atoms with E-state index in [2.05, 4.69) is 20.8 Å². The molecule has 7 heteroatoms. The van der Waals surface area contributed by atoms with Gasteiger partial charge in [0.2, 0.25) is 5.91 Å². The van der Waals surface area contributed by atoms with Gasteiger partial charge in [-0.1, -0.05) is 0 Å². The summed E-state index contributed by atoms with van der Waals surface area (Å²) in [5, 5.41) is 12.9. The molecule has 7 nitrogen and oxygen atoms in total. The van der Waals surface area contributed by atoms with Crippen molar-refractivity contribution in [2.45, 2.75) is 39.3 Å². The highest BCUT2D eigenvalue weighted by atomic mass is 16.6. The molecule has 0 fully saturated rings. The van der Waals surface area contributed by atoms with E-state index < -0.39 is 17.7 Å². The highest BCUT2D eigenvalue weighted by Gasteiger charge is 2.21. The molecular formula is C15H20N4O3. The number of anilines is 1. The third-order valence-corrected chi connectivity index (χ3v) is 2.84. The average molecular weight is 304 g/mol. The van der Waals surface area contributed by atoms with E-state index in [9.17, 15) is 9.59 Å². The van der Waals surface area contributed by atoms with E-state index in [4.69, 9.17) is 4.74 Å². The number of hydrogen-bond acceptors (Lipinski definition) is 4. The lowest BCUT2D eigenvalue weighted by Crippen LogP contribution is -2.43. The van der Waals surface area contributed by atoms with E-state index in [1.165, 1.54) is 0 Å². The molecule has 2 rings (SSSR count). The summed E-state index contributed by atoms with van der Waals surface area (Å²) in [6.07, 6.45) is 1.08. The molecule has 0 radical (unpaired) electrons. The lowest BCUT2D eigenvalue weighted by atomic mass is 10.2. The highest BCUT2D eigenvalue weighted by molar-refractivity contribution is 5.97. The number of nitrogens with one attached hydrogen (secondary N) is 3. The molecule has 0 aliphatic rings. The van der Waals surface area contributed by atoms with Gasteiger partial charge in [-0.25, -0.2) is 4.79 Å². The molecule has 0 aliphatic carbocycles.